The average molecular weight is 231 g/mol. The number of H-pyrrole nitrogens is 1. The van der Waals surface area contributed by atoms with Crippen molar-refractivity contribution in [2.75, 3.05) is 5.73 Å². The van der Waals surface area contributed by atoms with E-state index in [1.807, 2.05) is 6.92 Å². The van der Waals surface area contributed by atoms with Crippen molar-refractivity contribution < 1.29 is 0 Å². The molecule has 0 fully saturated rings. The predicted octanol–water partition coefficient (Wildman–Crippen LogP) is -0.506. The second-order valence-electron chi connectivity index (χ2n) is 3.65. The summed E-state index contributed by atoms with van der Waals surface area (Å²) in [5.41, 5.74) is 6.68. The fourth-order valence-corrected chi connectivity index (χ4v) is 1.52. The molecule has 17 heavy (non-hydrogen) atoms. The summed E-state index contributed by atoms with van der Waals surface area (Å²) in [6.07, 6.45) is 3.16. The quantitative estimate of drug-likeness (QED) is 0.586. The van der Waals surface area contributed by atoms with Crippen molar-refractivity contribution in [3.05, 3.63) is 34.6 Å². The maximum atomic E-state index is 11.2. The summed E-state index contributed by atoms with van der Waals surface area (Å²) in [6.45, 7) is 1.86. The van der Waals surface area contributed by atoms with Crippen molar-refractivity contribution in [1.29, 1.82) is 0 Å². The van der Waals surface area contributed by atoms with Crippen molar-refractivity contribution in [2.45, 2.75) is 6.92 Å². The number of aryl methyl sites for hydroxylation is 1. The zero-order valence-electron chi connectivity index (χ0n) is 8.95. The SMILES string of the molecule is Cc1cn(-c2cc3n[nH]c(=O)n3cn2)nc1N. The molecule has 3 rings (SSSR count). The van der Waals surface area contributed by atoms with Crippen molar-refractivity contribution in [1.82, 2.24) is 29.4 Å². The monoisotopic (exact) mass is 231 g/mol. The maximum Gasteiger partial charge on any atom is 0.348 e. The molecule has 0 aromatic carbocycles. The smallest absolute Gasteiger partial charge is 0.348 e. The molecule has 0 spiro atoms. The van der Waals surface area contributed by atoms with Crippen molar-refractivity contribution in [3.8, 4) is 5.82 Å². The number of rotatable bonds is 1. The van der Waals surface area contributed by atoms with Gasteiger partial charge < -0.3 is 5.73 Å². The van der Waals surface area contributed by atoms with Gasteiger partial charge in [0.1, 0.15) is 12.1 Å². The zero-order chi connectivity index (χ0) is 12.0. The molecule has 0 aliphatic heterocycles. The predicted molar refractivity (Wildman–Crippen MR) is 59.9 cm³/mol. The largest absolute Gasteiger partial charge is 0.382 e. The molecule has 3 aromatic heterocycles. The van der Waals surface area contributed by atoms with E-state index in [4.69, 9.17) is 5.73 Å². The van der Waals surface area contributed by atoms with Crippen LogP contribution in [0, 0.1) is 6.92 Å². The Bertz CT molecular complexity index is 731. The van der Waals surface area contributed by atoms with Crippen LogP contribution in [-0.4, -0.2) is 29.4 Å². The molecular weight excluding hydrogens is 222 g/mol. The van der Waals surface area contributed by atoms with Crippen LogP contribution in [-0.2, 0) is 0 Å². The highest BCUT2D eigenvalue weighted by Gasteiger charge is 2.07. The molecule has 8 nitrogen and oxygen atoms in total. The van der Waals surface area contributed by atoms with Crippen molar-refractivity contribution in [3.63, 3.8) is 0 Å². The highest BCUT2D eigenvalue weighted by Crippen LogP contribution is 2.11. The molecule has 0 radical (unpaired) electrons. The van der Waals surface area contributed by atoms with E-state index in [-0.39, 0.29) is 5.69 Å². The van der Waals surface area contributed by atoms with E-state index in [1.54, 1.807) is 16.9 Å². The average Bonchev–Trinajstić information content (AvgIpc) is 2.84. The molecular formula is C9H9N7O. The lowest BCUT2D eigenvalue weighted by atomic mass is 10.4. The van der Waals surface area contributed by atoms with Crippen LogP contribution in [0.2, 0.25) is 0 Å². The summed E-state index contributed by atoms with van der Waals surface area (Å²) in [5, 5.41) is 10.3. The topological polar surface area (TPSA) is 107 Å². The number of aromatic nitrogens is 6. The maximum absolute atomic E-state index is 11.2. The number of nitrogens with zero attached hydrogens (tertiary/aromatic N) is 5. The number of nitrogens with two attached hydrogens (primary N) is 1. The van der Waals surface area contributed by atoms with E-state index in [1.165, 1.54) is 10.7 Å². The van der Waals surface area contributed by atoms with Crippen LogP contribution in [0.15, 0.2) is 23.4 Å². The van der Waals surface area contributed by atoms with Gasteiger partial charge in [-0.1, -0.05) is 0 Å². The Labute approximate surface area is 94.7 Å². The summed E-state index contributed by atoms with van der Waals surface area (Å²) in [5.74, 6) is 1.00. The Balaban J connectivity index is 2.21. The Kier molecular flexibility index (Phi) is 1.79. The summed E-state index contributed by atoms with van der Waals surface area (Å²) < 4.78 is 2.85. The normalized spacial score (nSPS) is 11.1. The van der Waals surface area contributed by atoms with Crippen LogP contribution in [0.4, 0.5) is 5.82 Å². The first kappa shape index (κ1) is 9.58. The van der Waals surface area contributed by atoms with Crippen molar-refractivity contribution in [2.24, 2.45) is 0 Å². The van der Waals surface area contributed by atoms with Gasteiger partial charge in [0.15, 0.2) is 11.5 Å². The van der Waals surface area contributed by atoms with Crippen molar-refractivity contribution >= 4 is 11.5 Å². The molecule has 0 aliphatic rings. The molecule has 0 bridgehead atoms. The van der Waals surface area contributed by atoms with Gasteiger partial charge in [-0.2, -0.15) is 5.10 Å². The van der Waals surface area contributed by atoms with Crippen LogP contribution in [0.25, 0.3) is 11.5 Å². The number of fused-ring (bicyclic) bond motifs is 1. The number of nitrogens with one attached hydrogen (secondary N) is 1. The number of anilines is 1. The second kappa shape index (κ2) is 3.17. The summed E-state index contributed by atoms with van der Waals surface area (Å²) >= 11 is 0. The highest BCUT2D eigenvalue weighted by atomic mass is 16.1. The highest BCUT2D eigenvalue weighted by molar-refractivity contribution is 5.44. The van der Waals surface area contributed by atoms with Crippen LogP contribution in [0.1, 0.15) is 5.56 Å². The fraction of sp³-hybridized carbons (Fsp3) is 0.111. The number of aromatic amines is 1. The molecule has 86 valence electrons. The minimum atomic E-state index is -0.324. The Hall–Kier alpha value is -2.64. The molecule has 3 N–H and O–H groups in total. The van der Waals surface area contributed by atoms with Gasteiger partial charge in [-0.05, 0) is 6.92 Å². The van der Waals surface area contributed by atoms with Gasteiger partial charge >= 0.3 is 5.69 Å². The Morgan fingerprint density at radius 1 is 1.47 bits per heavy atom. The summed E-state index contributed by atoms with van der Waals surface area (Å²) in [6, 6.07) is 1.64. The third-order valence-electron chi connectivity index (χ3n) is 2.47. The van der Waals surface area contributed by atoms with Gasteiger partial charge in [-0.25, -0.2) is 24.0 Å². The molecule has 0 saturated carbocycles. The second-order valence-corrected chi connectivity index (χ2v) is 3.65. The molecule has 8 heteroatoms. The molecule has 0 amide bonds. The van der Waals surface area contributed by atoms with E-state index in [0.717, 1.165) is 5.56 Å². The van der Waals surface area contributed by atoms with Gasteiger partial charge in [0.05, 0.1) is 0 Å². The number of hydrogen-bond acceptors (Lipinski definition) is 5. The lowest BCUT2D eigenvalue weighted by Gasteiger charge is -1.99. The first-order valence-electron chi connectivity index (χ1n) is 4.90. The summed E-state index contributed by atoms with van der Waals surface area (Å²) in [4.78, 5) is 15.4. The van der Waals surface area contributed by atoms with E-state index in [0.29, 0.717) is 17.3 Å². The zero-order valence-corrected chi connectivity index (χ0v) is 8.95. The Morgan fingerprint density at radius 2 is 2.29 bits per heavy atom. The molecule has 0 atom stereocenters. The molecule has 3 heterocycles. The molecule has 0 aliphatic carbocycles. The standard InChI is InChI=1S/C9H9N7O/c1-5-3-16(14-8(5)10)6-2-7-12-13-9(17)15(7)4-11-6/h2-4H,1H3,(H2,10,14)(H,13,17). The minimum Gasteiger partial charge on any atom is -0.382 e. The van der Waals surface area contributed by atoms with Gasteiger partial charge in [0.25, 0.3) is 0 Å². The first-order valence-corrected chi connectivity index (χ1v) is 4.90. The lowest BCUT2D eigenvalue weighted by Crippen LogP contribution is -2.10. The van der Waals surface area contributed by atoms with Gasteiger partial charge in [0, 0.05) is 17.8 Å². The molecule has 0 saturated heterocycles. The van der Waals surface area contributed by atoms with E-state index < -0.39 is 0 Å². The lowest BCUT2D eigenvalue weighted by molar-refractivity contribution is 0.838. The Morgan fingerprint density at radius 3 is 3.00 bits per heavy atom. The fourth-order valence-electron chi connectivity index (χ4n) is 1.52. The van der Waals surface area contributed by atoms with Crippen LogP contribution < -0.4 is 11.4 Å². The first-order chi connectivity index (χ1) is 8.15. The number of nitrogen functional groups attached to an aromatic ring is 1. The third kappa shape index (κ3) is 1.38. The summed E-state index contributed by atoms with van der Waals surface area (Å²) in [7, 11) is 0. The van der Waals surface area contributed by atoms with E-state index in [9.17, 15) is 4.79 Å². The molecule has 3 aromatic rings. The minimum absolute atomic E-state index is 0.324. The number of hydrogen-bond donors (Lipinski definition) is 2. The third-order valence-corrected chi connectivity index (χ3v) is 2.47. The van der Waals surface area contributed by atoms with Gasteiger partial charge in [0.2, 0.25) is 0 Å². The van der Waals surface area contributed by atoms with Gasteiger partial charge in [-0.15, -0.1) is 5.10 Å². The van der Waals surface area contributed by atoms with Crippen LogP contribution in [0.5, 0.6) is 0 Å². The van der Waals surface area contributed by atoms with Crippen LogP contribution in [0.3, 0.4) is 0 Å². The molecule has 0 unspecified atom stereocenters. The van der Waals surface area contributed by atoms with Gasteiger partial charge in [-0.3, -0.25) is 0 Å². The van der Waals surface area contributed by atoms with Crippen LogP contribution >= 0.6 is 0 Å². The van der Waals surface area contributed by atoms with E-state index >= 15 is 0 Å². The van der Waals surface area contributed by atoms with E-state index in [2.05, 4.69) is 20.3 Å².